The van der Waals surface area contributed by atoms with Gasteiger partial charge in [0.15, 0.2) is 0 Å². The van der Waals surface area contributed by atoms with Gasteiger partial charge in [-0.15, -0.1) is 0 Å². The molecule has 2 unspecified atom stereocenters. The summed E-state index contributed by atoms with van der Waals surface area (Å²) in [5.74, 6) is -0.833. The Bertz CT molecular complexity index is 38.3. The van der Waals surface area contributed by atoms with Crippen molar-refractivity contribution in [2.75, 3.05) is 0 Å². The van der Waals surface area contributed by atoms with Crippen LogP contribution in [-0.2, 0) is 25.2 Å². The molecule has 0 aliphatic rings. The third-order valence-corrected chi connectivity index (χ3v) is 0. The van der Waals surface area contributed by atoms with E-state index in [1.165, 1.54) is 0 Å². The summed E-state index contributed by atoms with van der Waals surface area (Å²) in [6, 6.07) is 0. The molecule has 5 heteroatoms. The Morgan fingerprint density at radius 1 is 1.38 bits per heavy atom. The van der Waals surface area contributed by atoms with E-state index < -0.39 is 5.97 Å². The first-order chi connectivity index (χ1) is 1.73. The van der Waals surface area contributed by atoms with Crippen molar-refractivity contribution < 1.29 is 30.3 Å². The van der Waals surface area contributed by atoms with Crippen LogP contribution in [0.15, 0.2) is 0 Å². The Kier molecular flexibility index (Phi) is 110. The average molecular weight is 250 g/mol. The molecule has 0 saturated heterocycles. The number of carboxylic acid groups (broad SMARTS) is 1. The van der Waals surface area contributed by atoms with Crippen molar-refractivity contribution in [1.29, 1.82) is 0 Å². The van der Waals surface area contributed by atoms with Crippen LogP contribution in [0, 0.1) is 7.43 Å². The first-order valence-corrected chi connectivity index (χ1v) is 0.928. The van der Waals surface area contributed by atoms with Crippen molar-refractivity contribution in [2.24, 2.45) is 0 Å². The summed E-state index contributed by atoms with van der Waals surface area (Å²) in [4.78, 5) is 9.00. The van der Waals surface area contributed by atoms with Crippen molar-refractivity contribution in [2.45, 2.75) is 6.92 Å². The van der Waals surface area contributed by atoms with Crippen LogP contribution in [0.5, 0.6) is 0 Å². The minimum Gasteiger partial charge on any atom is -0.481 e. The van der Waals surface area contributed by atoms with Crippen LogP contribution in [0.4, 0.5) is 0 Å². The second kappa shape index (κ2) is 24.5. The molecule has 0 fully saturated rings. The third kappa shape index (κ3) is 255. The summed E-state index contributed by atoms with van der Waals surface area (Å²) in [5.41, 5.74) is 0. The predicted octanol–water partition coefficient (Wildman–Crippen LogP) is 0.655. The summed E-state index contributed by atoms with van der Waals surface area (Å²) in [6.07, 6.45) is 0. The molecule has 0 heterocycles. The molecular formula is C3H13O2P2Pd-. The van der Waals surface area contributed by atoms with Crippen molar-refractivity contribution in [3.63, 3.8) is 0 Å². The van der Waals surface area contributed by atoms with Crippen LogP contribution in [0.2, 0.25) is 0 Å². The van der Waals surface area contributed by atoms with E-state index in [0.717, 1.165) is 6.92 Å². The van der Waals surface area contributed by atoms with Crippen LogP contribution >= 0.6 is 19.8 Å². The smallest absolute Gasteiger partial charge is 0.300 e. The van der Waals surface area contributed by atoms with Gasteiger partial charge in [-0.25, -0.2) is 0 Å². The predicted molar refractivity (Wildman–Crippen MR) is 41.9 cm³/mol. The van der Waals surface area contributed by atoms with Gasteiger partial charge < -0.3 is 12.5 Å². The van der Waals surface area contributed by atoms with E-state index in [4.69, 9.17) is 9.90 Å². The Balaban J connectivity index is -0.00000000750. The number of carboxylic acids is 1. The van der Waals surface area contributed by atoms with Gasteiger partial charge in [0.1, 0.15) is 0 Å². The standard InChI is InChI=1S/C2H4O2.CH3.2H3P.Pd/c1-2(3)4;;;;/h1H3,(H,3,4);3*1H3;/q;-1;;;. The quantitative estimate of drug-likeness (QED) is 0.389. The van der Waals surface area contributed by atoms with E-state index in [0.29, 0.717) is 0 Å². The molecule has 0 saturated carbocycles. The molecule has 2 nitrogen and oxygen atoms in total. The Morgan fingerprint density at radius 3 is 1.38 bits per heavy atom. The molecule has 0 spiro atoms. The van der Waals surface area contributed by atoms with E-state index in [-0.39, 0.29) is 47.6 Å². The molecule has 0 rings (SSSR count). The molecule has 1 N–H and O–H groups in total. The summed E-state index contributed by atoms with van der Waals surface area (Å²) in [6.45, 7) is 1.08. The minimum absolute atomic E-state index is 0. The van der Waals surface area contributed by atoms with Gasteiger partial charge in [-0.2, -0.15) is 19.8 Å². The molecule has 8 heavy (non-hydrogen) atoms. The largest absolute Gasteiger partial charge is 0.481 e. The van der Waals surface area contributed by atoms with E-state index in [1.807, 2.05) is 0 Å². The first-order valence-electron chi connectivity index (χ1n) is 0.928. The molecule has 0 aliphatic heterocycles. The van der Waals surface area contributed by atoms with Crippen LogP contribution in [0.1, 0.15) is 6.92 Å². The minimum atomic E-state index is -0.833. The average Bonchev–Trinajstić information content (AvgIpc) is 0.811. The van der Waals surface area contributed by atoms with Gasteiger partial charge in [0.25, 0.3) is 5.97 Å². The SMILES string of the molecule is CC(=O)O.P.P.[CH3-].[Pd]. The zero-order valence-corrected chi connectivity index (χ0v) is 9.47. The van der Waals surface area contributed by atoms with E-state index in [9.17, 15) is 0 Å². The maximum atomic E-state index is 9.00. The fourth-order valence-corrected chi connectivity index (χ4v) is 0. The van der Waals surface area contributed by atoms with Gasteiger partial charge in [-0.1, -0.05) is 0 Å². The Labute approximate surface area is 70.7 Å². The summed E-state index contributed by atoms with van der Waals surface area (Å²) >= 11 is 0. The molecular weight excluding hydrogens is 236 g/mol. The first kappa shape index (κ1) is 36.0. The molecule has 0 aromatic carbocycles. The monoisotopic (exact) mass is 249 g/mol. The second-order valence-corrected chi connectivity index (χ2v) is 0.519. The van der Waals surface area contributed by atoms with Crippen LogP contribution in [-0.4, -0.2) is 11.1 Å². The summed E-state index contributed by atoms with van der Waals surface area (Å²) in [5, 5.41) is 7.42. The zero-order valence-electron chi connectivity index (χ0n) is 5.09. The Morgan fingerprint density at radius 2 is 1.38 bits per heavy atom. The van der Waals surface area contributed by atoms with E-state index >= 15 is 0 Å². The van der Waals surface area contributed by atoms with Crippen LogP contribution < -0.4 is 0 Å². The van der Waals surface area contributed by atoms with Gasteiger partial charge in [-0.3, -0.25) is 4.79 Å². The van der Waals surface area contributed by atoms with Crippen molar-refractivity contribution in [1.82, 2.24) is 0 Å². The second-order valence-electron chi connectivity index (χ2n) is 0.519. The molecule has 0 amide bonds. The van der Waals surface area contributed by atoms with Gasteiger partial charge in [-0.05, 0) is 0 Å². The van der Waals surface area contributed by atoms with Crippen molar-refractivity contribution in [3.05, 3.63) is 7.43 Å². The fourth-order valence-electron chi connectivity index (χ4n) is 0. The molecule has 0 aliphatic carbocycles. The molecule has 0 radical (unpaired) electrons. The van der Waals surface area contributed by atoms with Crippen molar-refractivity contribution in [3.8, 4) is 0 Å². The number of hydrogen-bond acceptors (Lipinski definition) is 1. The third-order valence-electron chi connectivity index (χ3n) is 0. The summed E-state index contributed by atoms with van der Waals surface area (Å²) in [7, 11) is 0. The molecule has 0 bridgehead atoms. The molecule has 2 atom stereocenters. The van der Waals surface area contributed by atoms with E-state index in [1.54, 1.807) is 0 Å². The van der Waals surface area contributed by atoms with Gasteiger partial charge in [0.2, 0.25) is 0 Å². The summed E-state index contributed by atoms with van der Waals surface area (Å²) < 4.78 is 0. The topological polar surface area (TPSA) is 37.3 Å². The van der Waals surface area contributed by atoms with Crippen LogP contribution in [0.3, 0.4) is 0 Å². The maximum Gasteiger partial charge on any atom is 0.300 e. The normalized spacial score (nSPS) is 3.12. The van der Waals surface area contributed by atoms with Gasteiger partial charge in [0.05, 0.1) is 0 Å². The Hall–Kier alpha value is 0.992. The zero-order chi connectivity index (χ0) is 3.58. The molecule has 0 aromatic rings. The number of hydrogen-bond donors (Lipinski definition) is 1. The van der Waals surface area contributed by atoms with Crippen LogP contribution in [0.25, 0.3) is 0 Å². The fraction of sp³-hybridized carbons (Fsp3) is 0.333. The van der Waals surface area contributed by atoms with Crippen molar-refractivity contribution >= 4 is 25.8 Å². The van der Waals surface area contributed by atoms with E-state index in [2.05, 4.69) is 0 Å². The molecule has 0 aromatic heterocycles. The number of rotatable bonds is 0. The maximum absolute atomic E-state index is 9.00. The number of aliphatic carboxylic acids is 1. The van der Waals surface area contributed by atoms with Gasteiger partial charge in [0, 0.05) is 27.3 Å². The van der Waals surface area contributed by atoms with Gasteiger partial charge >= 0.3 is 0 Å². The molecule has 58 valence electrons. The number of carbonyl (C=O) groups is 1.